The number of Topliss-reactive ketones (excluding diaryl/α,β-unsaturated/α-hetero) is 2. The molecule has 0 N–H and O–H groups in total. The Bertz CT molecular complexity index is 857. The summed E-state index contributed by atoms with van der Waals surface area (Å²) in [6.07, 6.45) is -0.182. The summed E-state index contributed by atoms with van der Waals surface area (Å²) < 4.78 is 10.3. The van der Waals surface area contributed by atoms with Gasteiger partial charge in [-0.1, -0.05) is 36.4 Å². The van der Waals surface area contributed by atoms with Crippen LogP contribution in [-0.4, -0.2) is 36.2 Å². The highest BCUT2D eigenvalue weighted by molar-refractivity contribution is 5.96. The van der Waals surface area contributed by atoms with Crippen molar-refractivity contribution in [3.05, 3.63) is 71.8 Å². The number of rotatable bonds is 6. The maximum absolute atomic E-state index is 12.3. The molecule has 0 bridgehead atoms. The van der Waals surface area contributed by atoms with Gasteiger partial charge >= 0.3 is 11.9 Å². The molecule has 1 aliphatic carbocycles. The van der Waals surface area contributed by atoms with Gasteiger partial charge in [-0.2, -0.15) is 0 Å². The first-order valence-electron chi connectivity index (χ1n) is 9.08. The molecule has 6 nitrogen and oxygen atoms in total. The summed E-state index contributed by atoms with van der Waals surface area (Å²) >= 11 is 0. The highest BCUT2D eigenvalue weighted by atomic mass is 16.5. The van der Waals surface area contributed by atoms with Gasteiger partial charge in [0.2, 0.25) is 0 Å². The van der Waals surface area contributed by atoms with Crippen LogP contribution in [0.2, 0.25) is 0 Å². The molecule has 1 aliphatic rings. The largest absolute Gasteiger partial charge is 0.454 e. The molecule has 144 valence electrons. The van der Waals surface area contributed by atoms with Gasteiger partial charge in [0.15, 0.2) is 24.3 Å². The van der Waals surface area contributed by atoms with Crippen molar-refractivity contribution < 1.29 is 28.7 Å². The Morgan fingerprint density at radius 2 is 1.39 bits per heavy atom. The Hall–Kier alpha value is -3.28. The quantitative estimate of drug-likeness (QED) is 0.716. The SMILES string of the molecule is O=C(OCC(=O)[C@H]1CC[C@@H](OC(=O)c2ccccc2)C(=O)C1)c1ccccc1. The zero-order chi connectivity index (χ0) is 19.9. The lowest BCUT2D eigenvalue weighted by Gasteiger charge is -2.26. The summed E-state index contributed by atoms with van der Waals surface area (Å²) in [5.74, 6) is -2.25. The minimum absolute atomic E-state index is 0.0194. The van der Waals surface area contributed by atoms with Crippen LogP contribution in [0.25, 0.3) is 0 Å². The summed E-state index contributed by atoms with van der Waals surface area (Å²) in [6, 6.07) is 16.8. The van der Waals surface area contributed by atoms with E-state index >= 15 is 0 Å². The monoisotopic (exact) mass is 380 g/mol. The van der Waals surface area contributed by atoms with Crippen LogP contribution in [-0.2, 0) is 19.1 Å². The van der Waals surface area contributed by atoms with E-state index in [0.717, 1.165) is 0 Å². The Morgan fingerprint density at radius 3 is 1.96 bits per heavy atom. The van der Waals surface area contributed by atoms with Crippen LogP contribution >= 0.6 is 0 Å². The smallest absolute Gasteiger partial charge is 0.338 e. The van der Waals surface area contributed by atoms with Gasteiger partial charge in [-0.25, -0.2) is 9.59 Å². The van der Waals surface area contributed by atoms with Gasteiger partial charge in [-0.3, -0.25) is 9.59 Å². The summed E-state index contributed by atoms with van der Waals surface area (Å²) in [5, 5.41) is 0. The van der Waals surface area contributed by atoms with E-state index in [4.69, 9.17) is 9.47 Å². The van der Waals surface area contributed by atoms with Gasteiger partial charge < -0.3 is 9.47 Å². The molecule has 1 saturated carbocycles. The number of ketones is 2. The zero-order valence-corrected chi connectivity index (χ0v) is 15.2. The fraction of sp³-hybridized carbons (Fsp3) is 0.273. The molecule has 0 aliphatic heterocycles. The molecule has 0 radical (unpaired) electrons. The average molecular weight is 380 g/mol. The van der Waals surface area contributed by atoms with Crippen LogP contribution in [0.4, 0.5) is 0 Å². The van der Waals surface area contributed by atoms with Gasteiger partial charge in [0, 0.05) is 12.3 Å². The van der Waals surface area contributed by atoms with Crippen molar-refractivity contribution in [3.63, 3.8) is 0 Å². The molecule has 3 rings (SSSR count). The third kappa shape index (κ3) is 4.91. The van der Waals surface area contributed by atoms with Crippen molar-refractivity contribution in [1.82, 2.24) is 0 Å². The molecule has 2 aromatic carbocycles. The highest BCUT2D eigenvalue weighted by Gasteiger charge is 2.35. The minimum Gasteiger partial charge on any atom is -0.454 e. The van der Waals surface area contributed by atoms with Crippen LogP contribution in [0.5, 0.6) is 0 Å². The second kappa shape index (κ2) is 9.08. The molecule has 6 heteroatoms. The van der Waals surface area contributed by atoms with Crippen LogP contribution in [0.3, 0.4) is 0 Å². The molecule has 2 atom stereocenters. The Balaban J connectivity index is 1.48. The molecule has 0 unspecified atom stereocenters. The van der Waals surface area contributed by atoms with Gasteiger partial charge in [0.1, 0.15) is 0 Å². The van der Waals surface area contributed by atoms with Gasteiger partial charge in [-0.15, -0.1) is 0 Å². The minimum atomic E-state index is -0.844. The summed E-state index contributed by atoms with van der Waals surface area (Å²) in [6.45, 7) is -0.375. The van der Waals surface area contributed by atoms with Crippen molar-refractivity contribution in [1.29, 1.82) is 0 Å². The van der Waals surface area contributed by atoms with Crippen LogP contribution in [0.15, 0.2) is 60.7 Å². The number of hydrogen-bond acceptors (Lipinski definition) is 6. The molecular weight excluding hydrogens is 360 g/mol. The van der Waals surface area contributed by atoms with Crippen molar-refractivity contribution in [2.75, 3.05) is 6.61 Å². The number of ether oxygens (including phenoxy) is 2. The lowest BCUT2D eigenvalue weighted by atomic mass is 9.84. The van der Waals surface area contributed by atoms with E-state index in [9.17, 15) is 19.2 Å². The standard InChI is InChI=1S/C22H20O6/c23-18-13-17(19(24)14-27-21(25)15-7-3-1-4-8-15)11-12-20(18)28-22(26)16-9-5-2-6-10-16/h1-10,17,20H,11-14H2/t17-,20+/m0/s1. The van der Waals surface area contributed by atoms with Crippen molar-refractivity contribution >= 4 is 23.5 Å². The van der Waals surface area contributed by atoms with Crippen molar-refractivity contribution in [3.8, 4) is 0 Å². The second-order valence-corrected chi connectivity index (χ2v) is 6.61. The lowest BCUT2D eigenvalue weighted by Crippen LogP contribution is -2.37. The van der Waals surface area contributed by atoms with Crippen molar-refractivity contribution in [2.24, 2.45) is 5.92 Å². The maximum atomic E-state index is 12.3. The van der Waals surface area contributed by atoms with E-state index in [1.807, 2.05) is 0 Å². The molecule has 2 aromatic rings. The molecule has 0 heterocycles. The van der Waals surface area contributed by atoms with E-state index < -0.39 is 24.0 Å². The first-order valence-corrected chi connectivity index (χ1v) is 9.08. The Labute approximate surface area is 162 Å². The van der Waals surface area contributed by atoms with E-state index in [-0.39, 0.29) is 31.0 Å². The van der Waals surface area contributed by atoms with E-state index in [1.165, 1.54) is 0 Å². The fourth-order valence-electron chi connectivity index (χ4n) is 3.07. The number of hydrogen-bond donors (Lipinski definition) is 0. The van der Waals surface area contributed by atoms with Gasteiger partial charge in [0.25, 0.3) is 0 Å². The number of benzene rings is 2. The average Bonchev–Trinajstić information content (AvgIpc) is 2.74. The third-order valence-corrected chi connectivity index (χ3v) is 4.65. The van der Waals surface area contributed by atoms with Crippen LogP contribution in [0.1, 0.15) is 40.0 Å². The number of carbonyl (C=O) groups is 4. The molecule has 0 aromatic heterocycles. The van der Waals surface area contributed by atoms with Crippen LogP contribution in [0, 0.1) is 5.92 Å². The van der Waals surface area contributed by atoms with E-state index in [2.05, 4.69) is 0 Å². The van der Waals surface area contributed by atoms with E-state index in [1.54, 1.807) is 60.7 Å². The predicted molar refractivity (Wildman–Crippen MR) is 99.7 cm³/mol. The normalized spacial score (nSPS) is 18.9. The Morgan fingerprint density at radius 1 is 0.821 bits per heavy atom. The highest BCUT2D eigenvalue weighted by Crippen LogP contribution is 2.25. The maximum Gasteiger partial charge on any atom is 0.338 e. The fourth-order valence-corrected chi connectivity index (χ4v) is 3.07. The van der Waals surface area contributed by atoms with Crippen LogP contribution < -0.4 is 0 Å². The van der Waals surface area contributed by atoms with Gasteiger partial charge in [0.05, 0.1) is 11.1 Å². The predicted octanol–water partition coefficient (Wildman–Crippen LogP) is 3.01. The summed E-state index contributed by atoms with van der Waals surface area (Å²) in [4.78, 5) is 48.6. The van der Waals surface area contributed by atoms with Crippen molar-refractivity contribution in [2.45, 2.75) is 25.4 Å². The molecular formula is C22H20O6. The number of esters is 2. The van der Waals surface area contributed by atoms with E-state index in [0.29, 0.717) is 17.5 Å². The molecule has 0 saturated heterocycles. The Kier molecular flexibility index (Phi) is 6.32. The summed E-state index contributed by atoms with van der Waals surface area (Å²) in [7, 11) is 0. The number of carbonyl (C=O) groups excluding carboxylic acids is 4. The van der Waals surface area contributed by atoms with Gasteiger partial charge in [-0.05, 0) is 37.1 Å². The molecule has 28 heavy (non-hydrogen) atoms. The molecule has 0 spiro atoms. The second-order valence-electron chi connectivity index (χ2n) is 6.61. The molecule has 1 fully saturated rings. The first-order chi connectivity index (χ1) is 13.5. The summed E-state index contributed by atoms with van der Waals surface area (Å²) in [5.41, 5.74) is 0.740. The third-order valence-electron chi connectivity index (χ3n) is 4.65. The lowest BCUT2D eigenvalue weighted by molar-refractivity contribution is -0.137. The topological polar surface area (TPSA) is 86.7 Å². The molecule has 0 amide bonds. The zero-order valence-electron chi connectivity index (χ0n) is 15.2. The first kappa shape index (κ1) is 19.5.